The van der Waals surface area contributed by atoms with Crippen molar-refractivity contribution in [1.82, 2.24) is 5.32 Å². The van der Waals surface area contributed by atoms with Crippen LogP contribution in [0.5, 0.6) is 0 Å². The van der Waals surface area contributed by atoms with Crippen LogP contribution in [0.1, 0.15) is 18.4 Å². The molecule has 106 valence electrons. The molecule has 20 heavy (non-hydrogen) atoms. The van der Waals surface area contributed by atoms with E-state index in [0.29, 0.717) is 28.5 Å². The summed E-state index contributed by atoms with van der Waals surface area (Å²) < 4.78 is 0. The summed E-state index contributed by atoms with van der Waals surface area (Å²) >= 11 is 11.7. The van der Waals surface area contributed by atoms with Crippen LogP contribution in [0.15, 0.2) is 24.3 Å². The Bertz CT molecular complexity index is 560. The van der Waals surface area contributed by atoms with Crippen molar-refractivity contribution in [1.29, 1.82) is 0 Å². The molecule has 1 aliphatic rings. The summed E-state index contributed by atoms with van der Waals surface area (Å²) in [6.07, 6.45) is 4.12. The fourth-order valence-electron chi connectivity index (χ4n) is 1.78. The van der Waals surface area contributed by atoms with Crippen molar-refractivity contribution in [3.63, 3.8) is 0 Å². The van der Waals surface area contributed by atoms with Gasteiger partial charge in [-0.05, 0) is 42.7 Å². The van der Waals surface area contributed by atoms with Gasteiger partial charge in [0.25, 0.3) is 0 Å². The van der Waals surface area contributed by atoms with E-state index in [0.717, 1.165) is 0 Å². The number of halogens is 2. The summed E-state index contributed by atoms with van der Waals surface area (Å²) in [4.78, 5) is 22.6. The molecule has 1 saturated carbocycles. The molecule has 0 bridgehead atoms. The van der Waals surface area contributed by atoms with Crippen molar-refractivity contribution >= 4 is 41.2 Å². The number of aliphatic carboxylic acids is 1. The number of carboxylic acid groups (broad SMARTS) is 1. The first-order valence-electron chi connectivity index (χ1n) is 6.07. The van der Waals surface area contributed by atoms with Crippen LogP contribution in [-0.2, 0) is 9.59 Å². The van der Waals surface area contributed by atoms with Crippen LogP contribution in [0.4, 0.5) is 0 Å². The molecule has 1 amide bonds. The highest BCUT2D eigenvalue weighted by atomic mass is 35.5. The third-order valence-corrected chi connectivity index (χ3v) is 3.66. The second-order valence-corrected chi connectivity index (χ2v) is 5.71. The minimum Gasteiger partial charge on any atom is -0.481 e. The number of hydrogen-bond donors (Lipinski definition) is 2. The summed E-state index contributed by atoms with van der Waals surface area (Å²) in [5.74, 6) is -1.20. The molecular weight excluding hydrogens is 301 g/mol. The fourth-order valence-corrected chi connectivity index (χ4v) is 2.32. The van der Waals surface area contributed by atoms with Gasteiger partial charge >= 0.3 is 5.97 Å². The fraction of sp³-hybridized carbons (Fsp3) is 0.286. The number of carbonyl (C=O) groups is 2. The van der Waals surface area contributed by atoms with Crippen molar-refractivity contribution in [2.75, 3.05) is 6.54 Å². The van der Waals surface area contributed by atoms with Gasteiger partial charge in [0.2, 0.25) is 5.91 Å². The van der Waals surface area contributed by atoms with E-state index < -0.39 is 11.4 Å². The molecule has 1 fully saturated rings. The lowest BCUT2D eigenvalue weighted by molar-refractivity contribution is -0.143. The molecule has 0 spiro atoms. The maximum atomic E-state index is 11.6. The second kappa shape index (κ2) is 5.85. The number of hydrogen-bond acceptors (Lipinski definition) is 2. The standard InChI is InChI=1S/C14H13Cl2NO3/c15-10-5-9(6-11(16)7-10)1-2-12(18)17-8-14(3-4-14)13(19)20/h1-2,5-7H,3-4,8H2,(H,17,18)(H,19,20)/b2-1+. The molecule has 0 saturated heterocycles. The van der Waals surface area contributed by atoms with E-state index in [2.05, 4.69) is 5.32 Å². The van der Waals surface area contributed by atoms with E-state index in [4.69, 9.17) is 28.3 Å². The zero-order chi connectivity index (χ0) is 14.8. The molecule has 0 atom stereocenters. The van der Waals surface area contributed by atoms with Gasteiger partial charge in [-0.25, -0.2) is 0 Å². The Morgan fingerprint density at radius 3 is 2.35 bits per heavy atom. The van der Waals surface area contributed by atoms with Crippen molar-refractivity contribution in [2.45, 2.75) is 12.8 Å². The van der Waals surface area contributed by atoms with Gasteiger partial charge in [-0.3, -0.25) is 9.59 Å². The zero-order valence-corrected chi connectivity index (χ0v) is 12.0. The molecule has 0 aliphatic heterocycles. The molecular formula is C14H13Cl2NO3. The number of amides is 1. The van der Waals surface area contributed by atoms with E-state index in [9.17, 15) is 9.59 Å². The van der Waals surface area contributed by atoms with Gasteiger partial charge in [0.1, 0.15) is 0 Å². The number of rotatable bonds is 5. The summed E-state index contributed by atoms with van der Waals surface area (Å²) in [6, 6.07) is 4.96. The Morgan fingerprint density at radius 2 is 1.85 bits per heavy atom. The quantitative estimate of drug-likeness (QED) is 0.821. The predicted molar refractivity (Wildman–Crippen MR) is 77.8 cm³/mol. The summed E-state index contributed by atoms with van der Waals surface area (Å²) in [6.45, 7) is 0.155. The number of carboxylic acids is 1. The molecule has 2 N–H and O–H groups in total. The van der Waals surface area contributed by atoms with Crippen LogP contribution in [0, 0.1) is 5.41 Å². The first kappa shape index (κ1) is 14.9. The average Bonchev–Trinajstić information content (AvgIpc) is 3.14. The number of benzene rings is 1. The molecule has 1 aliphatic carbocycles. The predicted octanol–water partition coefficient (Wildman–Crippen LogP) is 2.99. The third-order valence-electron chi connectivity index (χ3n) is 3.22. The highest BCUT2D eigenvalue weighted by Gasteiger charge is 2.50. The minimum atomic E-state index is -0.858. The average molecular weight is 314 g/mol. The second-order valence-electron chi connectivity index (χ2n) is 4.84. The Kier molecular flexibility index (Phi) is 4.35. The van der Waals surface area contributed by atoms with Crippen LogP contribution < -0.4 is 5.32 Å². The Morgan fingerprint density at radius 1 is 1.25 bits per heavy atom. The number of nitrogens with one attached hydrogen (secondary N) is 1. The van der Waals surface area contributed by atoms with Crippen molar-refractivity contribution in [3.8, 4) is 0 Å². The summed E-state index contributed by atoms with van der Waals surface area (Å²) in [5, 5.41) is 12.6. The van der Waals surface area contributed by atoms with Crippen molar-refractivity contribution in [3.05, 3.63) is 39.9 Å². The molecule has 0 aromatic heterocycles. The normalized spacial score (nSPS) is 16.1. The molecule has 6 heteroatoms. The van der Waals surface area contributed by atoms with Gasteiger partial charge in [0.05, 0.1) is 5.41 Å². The zero-order valence-electron chi connectivity index (χ0n) is 10.5. The topological polar surface area (TPSA) is 66.4 Å². The highest BCUT2D eigenvalue weighted by Crippen LogP contribution is 2.45. The van der Waals surface area contributed by atoms with E-state index in [1.807, 2.05) is 0 Å². The first-order valence-corrected chi connectivity index (χ1v) is 6.82. The van der Waals surface area contributed by atoms with Crippen molar-refractivity contribution in [2.24, 2.45) is 5.41 Å². The Hall–Kier alpha value is -1.52. The van der Waals surface area contributed by atoms with Gasteiger partial charge in [-0.2, -0.15) is 0 Å². The maximum Gasteiger partial charge on any atom is 0.311 e. The van der Waals surface area contributed by atoms with Gasteiger partial charge in [-0.1, -0.05) is 23.2 Å². The molecule has 0 heterocycles. The maximum absolute atomic E-state index is 11.6. The van der Waals surface area contributed by atoms with Crippen LogP contribution in [0.2, 0.25) is 10.0 Å². The number of carbonyl (C=O) groups excluding carboxylic acids is 1. The molecule has 1 aromatic carbocycles. The Labute approximate surface area is 126 Å². The molecule has 4 nitrogen and oxygen atoms in total. The minimum absolute atomic E-state index is 0.155. The van der Waals surface area contributed by atoms with E-state index in [-0.39, 0.29) is 12.5 Å². The third kappa shape index (κ3) is 3.74. The lowest BCUT2D eigenvalue weighted by Crippen LogP contribution is -2.33. The smallest absolute Gasteiger partial charge is 0.311 e. The summed E-state index contributed by atoms with van der Waals surface area (Å²) in [7, 11) is 0. The first-order chi connectivity index (χ1) is 9.41. The van der Waals surface area contributed by atoms with E-state index in [1.54, 1.807) is 24.3 Å². The highest BCUT2D eigenvalue weighted by molar-refractivity contribution is 6.34. The van der Waals surface area contributed by atoms with Crippen LogP contribution >= 0.6 is 23.2 Å². The lowest BCUT2D eigenvalue weighted by Gasteiger charge is -2.09. The van der Waals surface area contributed by atoms with Gasteiger partial charge < -0.3 is 10.4 Å². The molecule has 2 rings (SSSR count). The molecule has 0 radical (unpaired) electrons. The van der Waals surface area contributed by atoms with Gasteiger partial charge in [-0.15, -0.1) is 0 Å². The van der Waals surface area contributed by atoms with Gasteiger partial charge in [0.15, 0.2) is 0 Å². The van der Waals surface area contributed by atoms with Crippen LogP contribution in [0.25, 0.3) is 6.08 Å². The molecule has 1 aromatic rings. The summed E-state index contributed by atoms with van der Waals surface area (Å²) in [5.41, 5.74) is -0.0555. The van der Waals surface area contributed by atoms with E-state index >= 15 is 0 Å². The van der Waals surface area contributed by atoms with Crippen molar-refractivity contribution < 1.29 is 14.7 Å². The van der Waals surface area contributed by atoms with Gasteiger partial charge in [0, 0.05) is 22.7 Å². The SMILES string of the molecule is O=C(/C=C/c1cc(Cl)cc(Cl)c1)NCC1(C(=O)O)CC1. The monoisotopic (exact) mass is 313 g/mol. The lowest BCUT2D eigenvalue weighted by atomic mass is 10.1. The van der Waals surface area contributed by atoms with E-state index in [1.165, 1.54) is 6.08 Å². The van der Waals surface area contributed by atoms with Crippen LogP contribution in [-0.4, -0.2) is 23.5 Å². The van der Waals surface area contributed by atoms with Crippen LogP contribution in [0.3, 0.4) is 0 Å². The Balaban J connectivity index is 1.91. The molecule has 0 unspecified atom stereocenters. The largest absolute Gasteiger partial charge is 0.481 e.